The lowest BCUT2D eigenvalue weighted by atomic mass is 9.90. The van der Waals surface area contributed by atoms with E-state index in [2.05, 4.69) is 25.9 Å². The molecule has 25 heavy (non-hydrogen) atoms. The number of hydrogen-bond acceptors (Lipinski definition) is 5. The Hall–Kier alpha value is -1.70. The number of hydrogen-bond donors (Lipinski definition) is 2. The number of fused-ring (bicyclic) bond motifs is 1. The summed E-state index contributed by atoms with van der Waals surface area (Å²) in [6.07, 6.45) is 6.34. The van der Waals surface area contributed by atoms with E-state index in [0.29, 0.717) is 5.92 Å². The molecule has 2 aliphatic rings. The average molecular weight is 344 g/mol. The van der Waals surface area contributed by atoms with Gasteiger partial charge in [0.2, 0.25) is 0 Å². The Labute approximate surface area is 148 Å². The van der Waals surface area contributed by atoms with Gasteiger partial charge in [0.1, 0.15) is 11.9 Å². The number of nitrogens with one attached hydrogen (secondary N) is 1. The van der Waals surface area contributed by atoms with E-state index < -0.39 is 6.10 Å². The monoisotopic (exact) mass is 344 g/mol. The standard InChI is InChI=1S/C18H28N6O/c1-22-10-6-20-18(22)17(25)14-3-8-23(9-4-14)13-15-11-16-12-19-5-2-7-24(16)21-15/h6,10-11,14,17,19,25H,2-5,7-9,12-13H2,1H3/t17-/m0/s1. The molecule has 0 unspecified atom stereocenters. The number of nitrogens with zero attached hydrogens (tertiary/aromatic N) is 5. The van der Waals surface area contributed by atoms with Crippen LogP contribution in [0.2, 0.25) is 0 Å². The van der Waals surface area contributed by atoms with Crippen molar-refractivity contribution in [3.8, 4) is 0 Å². The van der Waals surface area contributed by atoms with Crippen LogP contribution in [-0.2, 0) is 26.7 Å². The molecule has 7 nitrogen and oxygen atoms in total. The van der Waals surface area contributed by atoms with Crippen molar-refractivity contribution < 1.29 is 5.11 Å². The summed E-state index contributed by atoms with van der Waals surface area (Å²) in [7, 11) is 1.94. The van der Waals surface area contributed by atoms with Crippen LogP contribution in [0.15, 0.2) is 18.5 Å². The molecule has 2 aliphatic heterocycles. The molecule has 0 amide bonds. The minimum absolute atomic E-state index is 0.292. The topological polar surface area (TPSA) is 71.1 Å². The fourth-order valence-corrected chi connectivity index (χ4v) is 4.03. The van der Waals surface area contributed by atoms with Crippen molar-refractivity contribution in [2.24, 2.45) is 13.0 Å². The quantitative estimate of drug-likeness (QED) is 0.868. The van der Waals surface area contributed by atoms with Crippen LogP contribution >= 0.6 is 0 Å². The molecule has 2 aromatic heterocycles. The largest absolute Gasteiger partial charge is 0.385 e. The van der Waals surface area contributed by atoms with Gasteiger partial charge in [0.15, 0.2) is 0 Å². The fraction of sp³-hybridized carbons (Fsp3) is 0.667. The lowest BCUT2D eigenvalue weighted by Crippen LogP contribution is -2.35. The third kappa shape index (κ3) is 3.63. The SMILES string of the molecule is Cn1ccnc1[C@@H](O)C1CCN(Cc2cc3n(n2)CCCNC3)CC1. The highest BCUT2D eigenvalue weighted by atomic mass is 16.3. The zero-order valence-electron chi connectivity index (χ0n) is 14.9. The van der Waals surface area contributed by atoms with Gasteiger partial charge in [0.05, 0.1) is 11.4 Å². The van der Waals surface area contributed by atoms with E-state index in [-0.39, 0.29) is 0 Å². The Kier molecular flexibility index (Phi) is 4.87. The van der Waals surface area contributed by atoms with Crippen LogP contribution < -0.4 is 5.32 Å². The molecule has 1 atom stereocenters. The van der Waals surface area contributed by atoms with E-state index in [1.165, 1.54) is 11.4 Å². The first-order valence-electron chi connectivity index (χ1n) is 9.34. The van der Waals surface area contributed by atoms with E-state index >= 15 is 0 Å². The van der Waals surface area contributed by atoms with Gasteiger partial charge >= 0.3 is 0 Å². The highest BCUT2D eigenvalue weighted by molar-refractivity contribution is 5.11. The smallest absolute Gasteiger partial charge is 0.137 e. The average Bonchev–Trinajstić information content (AvgIpc) is 3.15. The number of rotatable bonds is 4. The number of likely N-dealkylation sites (tertiary alicyclic amines) is 1. The number of aliphatic hydroxyl groups excluding tert-OH is 1. The molecule has 2 aromatic rings. The van der Waals surface area contributed by atoms with Crippen molar-refractivity contribution in [3.05, 3.63) is 35.7 Å². The van der Waals surface area contributed by atoms with Gasteiger partial charge in [0, 0.05) is 39.1 Å². The summed E-state index contributed by atoms with van der Waals surface area (Å²) >= 11 is 0. The van der Waals surface area contributed by atoms with Crippen molar-refractivity contribution in [1.29, 1.82) is 0 Å². The Morgan fingerprint density at radius 3 is 2.92 bits per heavy atom. The molecule has 2 N–H and O–H groups in total. The number of aryl methyl sites for hydroxylation is 2. The van der Waals surface area contributed by atoms with E-state index in [1.54, 1.807) is 6.20 Å². The highest BCUT2D eigenvalue weighted by Crippen LogP contribution is 2.30. The lowest BCUT2D eigenvalue weighted by Gasteiger charge is -2.33. The van der Waals surface area contributed by atoms with Crippen LogP contribution in [0.3, 0.4) is 0 Å². The second kappa shape index (κ2) is 7.27. The molecule has 136 valence electrons. The Morgan fingerprint density at radius 2 is 2.16 bits per heavy atom. The highest BCUT2D eigenvalue weighted by Gasteiger charge is 2.28. The van der Waals surface area contributed by atoms with Gasteiger partial charge in [0.25, 0.3) is 0 Å². The normalized spacial score (nSPS) is 21.0. The van der Waals surface area contributed by atoms with Gasteiger partial charge in [-0.25, -0.2) is 4.98 Å². The maximum Gasteiger partial charge on any atom is 0.137 e. The van der Waals surface area contributed by atoms with Gasteiger partial charge < -0.3 is 15.0 Å². The van der Waals surface area contributed by atoms with Crippen molar-refractivity contribution in [2.75, 3.05) is 19.6 Å². The Morgan fingerprint density at radius 1 is 1.32 bits per heavy atom. The molecule has 0 radical (unpaired) electrons. The zero-order valence-corrected chi connectivity index (χ0v) is 14.9. The number of piperidine rings is 1. The van der Waals surface area contributed by atoms with Crippen LogP contribution in [0, 0.1) is 5.92 Å². The minimum Gasteiger partial charge on any atom is -0.385 e. The van der Waals surface area contributed by atoms with E-state index in [9.17, 15) is 5.11 Å². The predicted molar refractivity (Wildman–Crippen MR) is 94.7 cm³/mol. The van der Waals surface area contributed by atoms with Crippen LogP contribution in [0.4, 0.5) is 0 Å². The molecular weight excluding hydrogens is 316 g/mol. The lowest BCUT2D eigenvalue weighted by molar-refractivity contribution is 0.0488. The molecular formula is C18H28N6O. The fourth-order valence-electron chi connectivity index (χ4n) is 4.03. The van der Waals surface area contributed by atoms with Crippen molar-refractivity contribution >= 4 is 0 Å². The predicted octanol–water partition coefficient (Wildman–Crippen LogP) is 1.06. The molecule has 0 aliphatic carbocycles. The third-order valence-electron chi connectivity index (χ3n) is 5.53. The molecule has 0 aromatic carbocycles. The molecule has 4 heterocycles. The zero-order chi connectivity index (χ0) is 17.2. The summed E-state index contributed by atoms with van der Waals surface area (Å²) in [6, 6.07) is 2.24. The summed E-state index contributed by atoms with van der Waals surface area (Å²) in [6.45, 7) is 5.93. The number of aliphatic hydroxyl groups is 1. The van der Waals surface area contributed by atoms with Gasteiger partial charge in [-0.3, -0.25) is 9.58 Å². The molecule has 0 spiro atoms. The molecule has 1 saturated heterocycles. The van der Waals surface area contributed by atoms with E-state index in [1.807, 2.05) is 17.8 Å². The van der Waals surface area contributed by atoms with E-state index in [0.717, 1.165) is 64.4 Å². The maximum atomic E-state index is 10.6. The van der Waals surface area contributed by atoms with Crippen LogP contribution in [0.1, 0.15) is 42.6 Å². The van der Waals surface area contributed by atoms with Crippen molar-refractivity contribution in [1.82, 2.24) is 29.5 Å². The van der Waals surface area contributed by atoms with Gasteiger partial charge in [-0.2, -0.15) is 5.10 Å². The van der Waals surface area contributed by atoms with Gasteiger partial charge in [-0.1, -0.05) is 0 Å². The van der Waals surface area contributed by atoms with Gasteiger partial charge in [-0.15, -0.1) is 0 Å². The minimum atomic E-state index is -0.461. The van der Waals surface area contributed by atoms with Crippen LogP contribution in [0.25, 0.3) is 0 Å². The Bertz CT molecular complexity index is 677. The Balaban J connectivity index is 1.32. The number of imidazole rings is 1. The molecule has 4 rings (SSSR count). The van der Waals surface area contributed by atoms with Crippen LogP contribution in [0.5, 0.6) is 0 Å². The number of aromatic nitrogens is 4. The molecule has 0 bridgehead atoms. The first-order chi connectivity index (χ1) is 12.2. The first-order valence-corrected chi connectivity index (χ1v) is 9.34. The second-order valence-corrected chi connectivity index (χ2v) is 7.34. The summed E-state index contributed by atoms with van der Waals surface area (Å²) in [5.41, 5.74) is 2.47. The molecule has 7 heteroatoms. The van der Waals surface area contributed by atoms with Gasteiger partial charge in [-0.05, 0) is 50.9 Å². The van der Waals surface area contributed by atoms with Crippen molar-refractivity contribution in [3.63, 3.8) is 0 Å². The summed E-state index contributed by atoms with van der Waals surface area (Å²) in [4.78, 5) is 6.76. The third-order valence-corrected chi connectivity index (χ3v) is 5.53. The summed E-state index contributed by atoms with van der Waals surface area (Å²) in [5.74, 6) is 1.07. The van der Waals surface area contributed by atoms with Crippen LogP contribution in [-0.4, -0.2) is 49.0 Å². The summed E-state index contributed by atoms with van der Waals surface area (Å²) in [5, 5.41) is 18.8. The summed E-state index contributed by atoms with van der Waals surface area (Å²) < 4.78 is 4.08. The van der Waals surface area contributed by atoms with Crippen molar-refractivity contribution in [2.45, 2.75) is 45.0 Å². The first kappa shape index (κ1) is 16.8. The molecule has 1 fully saturated rings. The van der Waals surface area contributed by atoms with E-state index in [4.69, 9.17) is 5.10 Å². The second-order valence-electron chi connectivity index (χ2n) is 7.34. The molecule has 0 saturated carbocycles. The maximum absolute atomic E-state index is 10.6.